The van der Waals surface area contributed by atoms with Crippen molar-refractivity contribution in [1.29, 1.82) is 0 Å². The Kier molecular flexibility index (Phi) is 7.38. The van der Waals surface area contributed by atoms with Crippen LogP contribution >= 0.6 is 0 Å². The van der Waals surface area contributed by atoms with Gasteiger partial charge < -0.3 is 14.5 Å². The van der Waals surface area contributed by atoms with Crippen LogP contribution in [-0.4, -0.2) is 25.0 Å². The van der Waals surface area contributed by atoms with Gasteiger partial charge in [0.25, 0.3) is 5.91 Å². The highest BCUT2D eigenvalue weighted by atomic mass is 16.5. The van der Waals surface area contributed by atoms with Gasteiger partial charge in [-0.15, -0.1) is 0 Å². The third kappa shape index (κ3) is 5.44. The van der Waals surface area contributed by atoms with Gasteiger partial charge in [0, 0.05) is 11.9 Å². The maximum Gasteiger partial charge on any atom is 0.351 e. The Morgan fingerprint density at radius 3 is 2.73 bits per heavy atom. The molecule has 0 saturated heterocycles. The van der Waals surface area contributed by atoms with E-state index in [9.17, 15) is 14.4 Å². The summed E-state index contributed by atoms with van der Waals surface area (Å²) in [5, 5.41) is 3.39. The van der Waals surface area contributed by atoms with Crippen LogP contribution in [0.4, 0.5) is 0 Å². The number of nitrogens with one attached hydrogen (secondary N) is 1. The maximum absolute atomic E-state index is 12.1. The van der Waals surface area contributed by atoms with Gasteiger partial charge in [0.2, 0.25) is 0 Å². The van der Waals surface area contributed by atoms with Crippen molar-refractivity contribution in [3.05, 3.63) is 46.3 Å². The van der Waals surface area contributed by atoms with Crippen molar-refractivity contribution in [1.82, 2.24) is 5.32 Å². The molecule has 1 atom stereocenters. The summed E-state index contributed by atoms with van der Waals surface area (Å²) in [7, 11) is 0. The van der Waals surface area contributed by atoms with Crippen molar-refractivity contribution >= 4 is 22.8 Å². The van der Waals surface area contributed by atoms with E-state index in [0.717, 1.165) is 25.7 Å². The second-order valence-corrected chi connectivity index (χ2v) is 6.28. The topological polar surface area (TPSA) is 85.6 Å². The van der Waals surface area contributed by atoms with E-state index < -0.39 is 18.2 Å². The van der Waals surface area contributed by atoms with Gasteiger partial charge in [0.1, 0.15) is 11.1 Å². The second-order valence-electron chi connectivity index (χ2n) is 6.28. The average Bonchev–Trinajstić information content (AvgIpc) is 2.65. The van der Waals surface area contributed by atoms with Crippen LogP contribution in [-0.2, 0) is 9.53 Å². The maximum atomic E-state index is 12.1. The Labute approximate surface area is 152 Å². The normalized spacial score (nSPS) is 11.9. The molecule has 0 bridgehead atoms. The summed E-state index contributed by atoms with van der Waals surface area (Å²) in [6.45, 7) is 4.36. The average molecular weight is 359 g/mol. The van der Waals surface area contributed by atoms with Crippen LogP contribution in [0.5, 0.6) is 0 Å². The lowest BCUT2D eigenvalue weighted by molar-refractivity contribution is -0.124. The van der Waals surface area contributed by atoms with E-state index in [-0.39, 0.29) is 11.5 Å². The number of carbonyl (C=O) groups excluding carboxylic acids is 2. The number of hydrogen-bond acceptors (Lipinski definition) is 5. The highest BCUT2D eigenvalue weighted by Gasteiger charge is 2.17. The molecule has 140 valence electrons. The SMILES string of the molecule is CCCC[C@H](CC)CNC(=O)COC(=O)c1cc2ccccc2oc1=O. The molecule has 0 aliphatic rings. The van der Waals surface area contributed by atoms with Crippen molar-refractivity contribution in [3.8, 4) is 0 Å². The summed E-state index contributed by atoms with van der Waals surface area (Å²) >= 11 is 0. The number of hydrogen-bond donors (Lipinski definition) is 1. The first-order valence-corrected chi connectivity index (χ1v) is 9.01. The van der Waals surface area contributed by atoms with Crippen molar-refractivity contribution in [2.45, 2.75) is 39.5 Å². The van der Waals surface area contributed by atoms with E-state index in [0.29, 0.717) is 23.4 Å². The fourth-order valence-electron chi connectivity index (χ4n) is 2.67. The number of fused-ring (bicyclic) bond motifs is 1. The fraction of sp³-hybridized carbons (Fsp3) is 0.450. The van der Waals surface area contributed by atoms with Crippen molar-refractivity contribution in [2.24, 2.45) is 5.92 Å². The number of benzene rings is 1. The monoisotopic (exact) mass is 359 g/mol. The van der Waals surface area contributed by atoms with Crippen molar-refractivity contribution < 1.29 is 18.7 Å². The number of para-hydroxylation sites is 1. The number of rotatable bonds is 9. The van der Waals surface area contributed by atoms with Crippen molar-refractivity contribution in [2.75, 3.05) is 13.2 Å². The molecule has 2 aromatic rings. The molecule has 0 aliphatic heterocycles. The van der Waals surface area contributed by atoms with E-state index in [1.54, 1.807) is 24.3 Å². The minimum atomic E-state index is -0.863. The number of unbranched alkanes of at least 4 members (excludes halogenated alkanes) is 1. The van der Waals surface area contributed by atoms with E-state index in [4.69, 9.17) is 9.15 Å². The lowest BCUT2D eigenvalue weighted by atomic mass is 9.99. The summed E-state index contributed by atoms with van der Waals surface area (Å²) in [6.07, 6.45) is 4.29. The molecule has 1 amide bonds. The van der Waals surface area contributed by atoms with Crippen LogP contribution in [0.25, 0.3) is 11.0 Å². The Bertz CT molecular complexity index is 811. The molecular weight excluding hydrogens is 334 g/mol. The molecule has 6 heteroatoms. The Hall–Kier alpha value is -2.63. The molecule has 26 heavy (non-hydrogen) atoms. The molecule has 0 aliphatic carbocycles. The molecule has 0 radical (unpaired) electrons. The van der Waals surface area contributed by atoms with Gasteiger partial charge in [-0.1, -0.05) is 51.3 Å². The van der Waals surface area contributed by atoms with Gasteiger partial charge in [-0.2, -0.15) is 0 Å². The summed E-state index contributed by atoms with van der Waals surface area (Å²) in [6, 6.07) is 8.29. The molecule has 0 unspecified atom stereocenters. The van der Waals surface area contributed by atoms with Crippen LogP contribution in [0.15, 0.2) is 39.5 Å². The quantitative estimate of drug-likeness (QED) is 0.548. The molecule has 0 saturated carbocycles. The number of amides is 1. The molecule has 0 spiro atoms. The standard InChI is InChI=1S/C20H25NO5/c1-3-5-8-14(4-2)12-21-18(22)13-25-19(23)16-11-15-9-6-7-10-17(15)26-20(16)24/h6-7,9-11,14H,3-5,8,12-13H2,1-2H3,(H,21,22)/t14-/m0/s1. The summed E-state index contributed by atoms with van der Waals surface area (Å²) in [5.41, 5.74) is -0.602. The predicted octanol–water partition coefficient (Wildman–Crippen LogP) is 3.28. The first kappa shape index (κ1) is 19.7. The number of carbonyl (C=O) groups is 2. The smallest absolute Gasteiger partial charge is 0.351 e. The summed E-state index contributed by atoms with van der Waals surface area (Å²) in [4.78, 5) is 35.9. The molecule has 1 aromatic heterocycles. The highest BCUT2D eigenvalue weighted by Crippen LogP contribution is 2.13. The van der Waals surface area contributed by atoms with Gasteiger partial charge in [0.05, 0.1) is 0 Å². The Morgan fingerprint density at radius 1 is 1.23 bits per heavy atom. The minimum absolute atomic E-state index is 0.217. The molecule has 2 rings (SSSR count). The first-order chi connectivity index (χ1) is 12.5. The van der Waals surface area contributed by atoms with Crippen molar-refractivity contribution in [3.63, 3.8) is 0 Å². The van der Waals surface area contributed by atoms with Gasteiger partial charge in [-0.05, 0) is 24.5 Å². The molecular formula is C20H25NO5. The number of esters is 1. The minimum Gasteiger partial charge on any atom is -0.452 e. The van der Waals surface area contributed by atoms with Gasteiger partial charge >= 0.3 is 11.6 Å². The lowest BCUT2D eigenvalue weighted by Gasteiger charge is -2.15. The zero-order chi connectivity index (χ0) is 18.9. The third-order valence-corrected chi connectivity index (χ3v) is 4.33. The zero-order valence-corrected chi connectivity index (χ0v) is 15.2. The molecule has 0 fully saturated rings. The molecule has 6 nitrogen and oxygen atoms in total. The number of ether oxygens (including phenoxy) is 1. The van der Waals surface area contributed by atoms with E-state index in [1.807, 2.05) is 0 Å². The first-order valence-electron chi connectivity index (χ1n) is 9.01. The largest absolute Gasteiger partial charge is 0.452 e. The molecule has 1 heterocycles. The predicted molar refractivity (Wildman–Crippen MR) is 99.1 cm³/mol. The molecule has 1 aromatic carbocycles. The fourth-order valence-corrected chi connectivity index (χ4v) is 2.67. The van der Waals surface area contributed by atoms with Crippen LogP contribution in [0, 0.1) is 5.92 Å². The van der Waals surface area contributed by atoms with Crippen LogP contribution < -0.4 is 10.9 Å². The van der Waals surface area contributed by atoms with E-state index >= 15 is 0 Å². The van der Waals surface area contributed by atoms with Gasteiger partial charge in [0.15, 0.2) is 6.61 Å². The zero-order valence-electron chi connectivity index (χ0n) is 15.2. The summed E-state index contributed by atoms with van der Waals surface area (Å²) < 4.78 is 10.1. The van der Waals surface area contributed by atoms with Crippen LogP contribution in [0.1, 0.15) is 49.9 Å². The third-order valence-electron chi connectivity index (χ3n) is 4.33. The van der Waals surface area contributed by atoms with E-state index in [1.165, 1.54) is 6.07 Å². The molecule has 1 N–H and O–H groups in total. The van der Waals surface area contributed by atoms with E-state index in [2.05, 4.69) is 19.2 Å². The van der Waals surface area contributed by atoms with Gasteiger partial charge in [-0.25, -0.2) is 9.59 Å². The van der Waals surface area contributed by atoms with Crippen LogP contribution in [0.2, 0.25) is 0 Å². The van der Waals surface area contributed by atoms with Gasteiger partial charge in [-0.3, -0.25) is 4.79 Å². The second kappa shape index (κ2) is 9.75. The van der Waals surface area contributed by atoms with Crippen LogP contribution in [0.3, 0.4) is 0 Å². The lowest BCUT2D eigenvalue weighted by Crippen LogP contribution is -2.33. The Morgan fingerprint density at radius 2 is 2.00 bits per heavy atom. The highest BCUT2D eigenvalue weighted by molar-refractivity contribution is 5.94. The summed E-state index contributed by atoms with van der Waals surface area (Å²) in [5.74, 6) is -0.821. The Balaban J connectivity index is 1.89.